The summed E-state index contributed by atoms with van der Waals surface area (Å²) >= 11 is 0. The molecule has 20 heavy (non-hydrogen) atoms. The van der Waals surface area contributed by atoms with Crippen molar-refractivity contribution in [3.8, 4) is 0 Å². The number of piperidine rings is 1. The molecule has 1 unspecified atom stereocenters. The van der Waals surface area contributed by atoms with Crippen LogP contribution in [0.1, 0.15) is 19.3 Å². The Morgan fingerprint density at radius 1 is 1.35 bits per heavy atom. The Morgan fingerprint density at radius 2 is 2.05 bits per heavy atom. The predicted octanol–water partition coefficient (Wildman–Crippen LogP) is 2.32. The van der Waals surface area contributed by atoms with Crippen LogP contribution in [0.4, 0.5) is 14.9 Å². The first kappa shape index (κ1) is 14.3. The molecule has 1 saturated heterocycles. The summed E-state index contributed by atoms with van der Waals surface area (Å²) in [6.45, 7) is 0.384. The molecule has 1 atom stereocenters. The van der Waals surface area contributed by atoms with Crippen molar-refractivity contribution in [3.05, 3.63) is 30.1 Å². The van der Waals surface area contributed by atoms with E-state index in [4.69, 9.17) is 0 Å². The van der Waals surface area contributed by atoms with Crippen LogP contribution in [0.5, 0.6) is 0 Å². The van der Waals surface area contributed by atoms with E-state index in [9.17, 15) is 19.1 Å². The summed E-state index contributed by atoms with van der Waals surface area (Å²) in [5.41, 5.74) is 0.146. The first-order valence-corrected chi connectivity index (χ1v) is 6.54. The summed E-state index contributed by atoms with van der Waals surface area (Å²) in [6, 6.07) is 4.62. The quantitative estimate of drug-likeness (QED) is 0.904. The smallest absolute Gasteiger partial charge is 0.326 e. The van der Waals surface area contributed by atoms with Crippen molar-refractivity contribution in [2.75, 3.05) is 18.5 Å². The lowest BCUT2D eigenvalue weighted by atomic mass is 10.0. The van der Waals surface area contributed by atoms with Crippen LogP contribution in [0, 0.1) is 5.82 Å². The van der Waals surface area contributed by atoms with Crippen molar-refractivity contribution in [2.45, 2.75) is 25.3 Å². The zero-order valence-corrected chi connectivity index (χ0v) is 11.3. The van der Waals surface area contributed by atoms with E-state index in [1.807, 2.05) is 0 Å². The SMILES string of the molecule is CN(C(=O)N1CCCCC1C(=O)O)c1ccccc1F. The molecule has 0 saturated carbocycles. The van der Waals surface area contributed by atoms with E-state index in [0.29, 0.717) is 13.0 Å². The van der Waals surface area contributed by atoms with Gasteiger partial charge in [-0.15, -0.1) is 0 Å². The van der Waals surface area contributed by atoms with Crippen molar-refractivity contribution in [3.63, 3.8) is 0 Å². The van der Waals surface area contributed by atoms with Gasteiger partial charge in [0, 0.05) is 13.6 Å². The summed E-state index contributed by atoms with van der Waals surface area (Å²) in [5.74, 6) is -1.52. The molecule has 0 radical (unpaired) electrons. The Labute approximate surface area is 116 Å². The van der Waals surface area contributed by atoms with Gasteiger partial charge in [-0.3, -0.25) is 4.90 Å². The maximum atomic E-state index is 13.7. The Balaban J connectivity index is 2.21. The molecule has 1 heterocycles. The molecular weight excluding hydrogens is 263 g/mol. The number of rotatable bonds is 2. The van der Waals surface area contributed by atoms with Crippen LogP contribution in [0.25, 0.3) is 0 Å². The zero-order valence-electron chi connectivity index (χ0n) is 11.3. The minimum atomic E-state index is -1.01. The van der Waals surface area contributed by atoms with Gasteiger partial charge in [0.15, 0.2) is 0 Å². The molecule has 0 spiro atoms. The van der Waals surface area contributed by atoms with Gasteiger partial charge in [0.25, 0.3) is 0 Å². The molecule has 6 heteroatoms. The Hall–Kier alpha value is -2.11. The standard InChI is InChI=1S/C14H17FN2O3/c1-16(11-7-3-2-6-10(11)15)14(20)17-9-5-4-8-12(17)13(18)19/h2-3,6-7,12H,4-5,8-9H2,1H3,(H,18,19). The van der Waals surface area contributed by atoms with Crippen molar-refractivity contribution >= 4 is 17.7 Å². The molecule has 0 aliphatic carbocycles. The minimum Gasteiger partial charge on any atom is -0.480 e. The Kier molecular flexibility index (Phi) is 4.22. The van der Waals surface area contributed by atoms with E-state index in [1.54, 1.807) is 6.07 Å². The summed E-state index contributed by atoms with van der Waals surface area (Å²) in [7, 11) is 1.45. The molecule has 2 amide bonds. The number of carboxylic acids is 1. The second-order valence-electron chi connectivity index (χ2n) is 4.84. The van der Waals surface area contributed by atoms with Crippen LogP contribution in [-0.4, -0.2) is 41.6 Å². The molecule has 1 aromatic carbocycles. The maximum Gasteiger partial charge on any atom is 0.326 e. The van der Waals surface area contributed by atoms with Crippen molar-refractivity contribution < 1.29 is 19.1 Å². The molecule has 1 aliphatic rings. The van der Waals surface area contributed by atoms with E-state index in [0.717, 1.165) is 17.7 Å². The van der Waals surface area contributed by atoms with Crippen LogP contribution in [0.2, 0.25) is 0 Å². The van der Waals surface area contributed by atoms with Gasteiger partial charge in [-0.25, -0.2) is 14.0 Å². The molecule has 0 aromatic heterocycles. The van der Waals surface area contributed by atoms with Crippen LogP contribution >= 0.6 is 0 Å². The third-order valence-electron chi connectivity index (χ3n) is 3.53. The predicted molar refractivity (Wildman–Crippen MR) is 72.2 cm³/mol. The number of aliphatic carboxylic acids is 1. The van der Waals surface area contributed by atoms with Crippen LogP contribution < -0.4 is 4.90 Å². The molecule has 1 aliphatic heterocycles. The highest BCUT2D eigenvalue weighted by molar-refractivity contribution is 5.94. The lowest BCUT2D eigenvalue weighted by Crippen LogP contribution is -2.52. The van der Waals surface area contributed by atoms with Crippen molar-refractivity contribution in [2.24, 2.45) is 0 Å². The van der Waals surface area contributed by atoms with E-state index < -0.39 is 23.9 Å². The fourth-order valence-corrected chi connectivity index (χ4v) is 2.44. The van der Waals surface area contributed by atoms with Gasteiger partial charge in [-0.1, -0.05) is 12.1 Å². The zero-order chi connectivity index (χ0) is 14.7. The number of amides is 2. The number of carbonyl (C=O) groups excluding carboxylic acids is 1. The minimum absolute atomic E-state index is 0.146. The topological polar surface area (TPSA) is 60.9 Å². The highest BCUT2D eigenvalue weighted by Gasteiger charge is 2.34. The highest BCUT2D eigenvalue weighted by Crippen LogP contribution is 2.23. The first-order valence-electron chi connectivity index (χ1n) is 6.54. The number of carboxylic acid groups (broad SMARTS) is 1. The number of hydrogen-bond acceptors (Lipinski definition) is 2. The number of anilines is 1. The van der Waals surface area contributed by atoms with Gasteiger partial charge >= 0.3 is 12.0 Å². The number of para-hydroxylation sites is 1. The summed E-state index contributed by atoms with van der Waals surface area (Å²) in [5, 5.41) is 9.18. The van der Waals surface area contributed by atoms with Gasteiger partial charge in [-0.05, 0) is 31.4 Å². The fourth-order valence-electron chi connectivity index (χ4n) is 2.44. The fraction of sp³-hybridized carbons (Fsp3) is 0.429. The molecular formula is C14H17FN2O3. The normalized spacial score (nSPS) is 18.7. The van der Waals surface area contributed by atoms with Crippen LogP contribution in [0.15, 0.2) is 24.3 Å². The summed E-state index contributed by atoms with van der Waals surface area (Å²) in [6.07, 6.45) is 1.98. The molecule has 1 fully saturated rings. The number of halogens is 1. The summed E-state index contributed by atoms with van der Waals surface area (Å²) < 4.78 is 13.7. The third kappa shape index (κ3) is 2.74. The van der Waals surface area contributed by atoms with Gasteiger partial charge in [0.1, 0.15) is 11.9 Å². The van der Waals surface area contributed by atoms with Crippen LogP contribution in [-0.2, 0) is 4.79 Å². The lowest BCUT2D eigenvalue weighted by molar-refractivity contribution is -0.143. The van der Waals surface area contributed by atoms with Gasteiger partial charge in [-0.2, -0.15) is 0 Å². The molecule has 0 bridgehead atoms. The molecule has 1 N–H and O–H groups in total. The number of likely N-dealkylation sites (tertiary alicyclic amines) is 1. The molecule has 5 nitrogen and oxygen atoms in total. The Morgan fingerprint density at radius 3 is 2.70 bits per heavy atom. The lowest BCUT2D eigenvalue weighted by Gasteiger charge is -2.35. The second kappa shape index (κ2) is 5.90. The monoisotopic (exact) mass is 280 g/mol. The molecule has 108 valence electrons. The van der Waals surface area contributed by atoms with E-state index in [2.05, 4.69) is 0 Å². The average molecular weight is 280 g/mol. The van der Waals surface area contributed by atoms with Crippen molar-refractivity contribution in [1.82, 2.24) is 4.90 Å². The highest BCUT2D eigenvalue weighted by atomic mass is 19.1. The second-order valence-corrected chi connectivity index (χ2v) is 4.84. The number of benzene rings is 1. The third-order valence-corrected chi connectivity index (χ3v) is 3.53. The van der Waals surface area contributed by atoms with E-state index in [-0.39, 0.29) is 5.69 Å². The van der Waals surface area contributed by atoms with Gasteiger partial charge in [0.05, 0.1) is 5.69 Å². The van der Waals surface area contributed by atoms with E-state index in [1.165, 1.54) is 30.1 Å². The average Bonchev–Trinajstić information content (AvgIpc) is 2.46. The van der Waals surface area contributed by atoms with Gasteiger partial charge < -0.3 is 10.0 Å². The van der Waals surface area contributed by atoms with Gasteiger partial charge in [0.2, 0.25) is 0 Å². The van der Waals surface area contributed by atoms with E-state index >= 15 is 0 Å². The number of nitrogens with zero attached hydrogens (tertiary/aromatic N) is 2. The van der Waals surface area contributed by atoms with Crippen LogP contribution in [0.3, 0.4) is 0 Å². The number of hydrogen-bond donors (Lipinski definition) is 1. The molecule has 2 rings (SSSR count). The Bertz CT molecular complexity index is 521. The maximum absolute atomic E-state index is 13.7. The van der Waals surface area contributed by atoms with Crippen molar-refractivity contribution in [1.29, 1.82) is 0 Å². The number of urea groups is 1. The molecule has 1 aromatic rings. The number of carbonyl (C=O) groups is 2. The first-order chi connectivity index (χ1) is 9.52. The summed E-state index contributed by atoms with van der Waals surface area (Å²) in [4.78, 5) is 26.1. The largest absolute Gasteiger partial charge is 0.480 e.